The molecule has 12 heteroatoms. The summed E-state index contributed by atoms with van der Waals surface area (Å²) < 4.78 is 53.9. The Morgan fingerprint density at radius 3 is 2.13 bits per heavy atom. The van der Waals surface area contributed by atoms with Gasteiger partial charge in [-0.3, -0.25) is 9.69 Å². The number of aryl methyl sites for hydroxylation is 1. The Morgan fingerprint density at radius 1 is 1.03 bits per heavy atom. The van der Waals surface area contributed by atoms with Gasteiger partial charge in [0.2, 0.25) is 15.9 Å². The molecule has 1 amide bonds. The summed E-state index contributed by atoms with van der Waals surface area (Å²) in [5, 5.41) is 2.78. The summed E-state index contributed by atoms with van der Waals surface area (Å²) in [7, 11) is -4.18. The average Bonchev–Trinajstić information content (AvgIpc) is 2.70. The van der Waals surface area contributed by atoms with Crippen molar-refractivity contribution in [1.29, 1.82) is 0 Å². The molecule has 0 aromatic heterocycles. The monoisotopic (exact) mass is 475 g/mol. The van der Waals surface area contributed by atoms with E-state index in [2.05, 4.69) is 5.32 Å². The smallest absolute Gasteiger partial charge is 0.282 e. The third kappa shape index (κ3) is 6.02. The lowest BCUT2D eigenvalue weighted by atomic mass is 10.2. The molecule has 0 radical (unpaired) electrons. The fourth-order valence-corrected chi connectivity index (χ4v) is 5.86. The molecule has 31 heavy (non-hydrogen) atoms. The van der Waals surface area contributed by atoms with Gasteiger partial charge in [0, 0.05) is 59.1 Å². The van der Waals surface area contributed by atoms with Gasteiger partial charge < -0.3 is 5.32 Å². The Kier molecular flexibility index (Phi) is 8.59. The maximum atomic E-state index is 12.6. The SMILES string of the molecule is CCN(CC)S(=O)(=O)N1CCN(CC(=O)Nc2cc(S(=O)(=O)N(C)C)ccc2C)CC1. The van der Waals surface area contributed by atoms with E-state index in [1.165, 1.54) is 34.8 Å². The van der Waals surface area contributed by atoms with Crippen LogP contribution < -0.4 is 5.32 Å². The van der Waals surface area contributed by atoms with Gasteiger partial charge in [0.15, 0.2) is 0 Å². The molecule has 1 aliphatic heterocycles. The summed E-state index contributed by atoms with van der Waals surface area (Å²) >= 11 is 0. The highest BCUT2D eigenvalue weighted by Crippen LogP contribution is 2.22. The minimum atomic E-state index is -3.61. The second kappa shape index (κ2) is 10.4. The molecule has 1 heterocycles. The highest BCUT2D eigenvalue weighted by molar-refractivity contribution is 7.89. The topological polar surface area (TPSA) is 110 Å². The molecule has 0 atom stereocenters. The van der Waals surface area contributed by atoms with Crippen molar-refractivity contribution in [1.82, 2.24) is 17.8 Å². The molecule has 2 rings (SSSR count). The quantitative estimate of drug-likeness (QED) is 0.553. The number of nitrogens with one attached hydrogen (secondary N) is 1. The molecule has 1 aliphatic rings. The number of benzene rings is 1. The third-order valence-corrected chi connectivity index (χ3v) is 9.32. The van der Waals surface area contributed by atoms with E-state index in [4.69, 9.17) is 0 Å². The first-order valence-corrected chi connectivity index (χ1v) is 13.1. The molecule has 1 N–H and O–H groups in total. The van der Waals surface area contributed by atoms with Crippen molar-refractivity contribution < 1.29 is 21.6 Å². The van der Waals surface area contributed by atoms with E-state index < -0.39 is 20.2 Å². The van der Waals surface area contributed by atoms with Crippen molar-refractivity contribution in [2.24, 2.45) is 0 Å². The zero-order chi connectivity index (χ0) is 23.4. The highest BCUT2D eigenvalue weighted by Gasteiger charge is 2.31. The maximum Gasteiger partial charge on any atom is 0.282 e. The van der Waals surface area contributed by atoms with E-state index in [9.17, 15) is 21.6 Å². The number of amides is 1. The van der Waals surface area contributed by atoms with Crippen molar-refractivity contribution in [2.75, 3.05) is 65.2 Å². The van der Waals surface area contributed by atoms with Crippen LogP contribution in [0.4, 0.5) is 5.69 Å². The van der Waals surface area contributed by atoms with Gasteiger partial charge in [-0.1, -0.05) is 19.9 Å². The van der Waals surface area contributed by atoms with E-state index in [1.54, 1.807) is 13.0 Å². The van der Waals surface area contributed by atoms with Gasteiger partial charge in [0.1, 0.15) is 0 Å². The number of anilines is 1. The molecule has 0 aliphatic carbocycles. The normalized spacial score (nSPS) is 16.7. The minimum absolute atomic E-state index is 0.100. The van der Waals surface area contributed by atoms with Crippen molar-refractivity contribution in [2.45, 2.75) is 25.7 Å². The standard InChI is InChI=1S/C19H33N5O5S2/c1-6-23(7-2)31(28,29)24-12-10-22(11-13-24)15-19(25)20-18-14-17(9-8-16(18)3)30(26,27)21(4)5/h8-9,14H,6-7,10-13,15H2,1-5H3,(H,20,25). The number of carbonyl (C=O) groups is 1. The lowest BCUT2D eigenvalue weighted by molar-refractivity contribution is -0.117. The minimum Gasteiger partial charge on any atom is -0.325 e. The molecule has 0 unspecified atom stereocenters. The van der Waals surface area contributed by atoms with Crippen LogP contribution in [0, 0.1) is 6.92 Å². The molecule has 1 aromatic carbocycles. The average molecular weight is 476 g/mol. The molecular formula is C19H33N5O5S2. The molecule has 10 nitrogen and oxygen atoms in total. The first-order chi connectivity index (χ1) is 14.4. The van der Waals surface area contributed by atoms with Crippen molar-refractivity contribution in [3.8, 4) is 0 Å². The van der Waals surface area contributed by atoms with Gasteiger partial charge in [-0.25, -0.2) is 12.7 Å². The molecule has 0 bridgehead atoms. The van der Waals surface area contributed by atoms with Gasteiger partial charge in [-0.15, -0.1) is 0 Å². The van der Waals surface area contributed by atoms with Gasteiger partial charge >= 0.3 is 0 Å². The van der Waals surface area contributed by atoms with E-state index in [0.29, 0.717) is 45.0 Å². The molecule has 1 aromatic rings. The number of hydrogen-bond acceptors (Lipinski definition) is 6. The zero-order valence-electron chi connectivity index (χ0n) is 18.8. The number of piperazine rings is 1. The second-order valence-electron chi connectivity index (χ2n) is 7.58. The van der Waals surface area contributed by atoms with E-state index >= 15 is 0 Å². The lowest BCUT2D eigenvalue weighted by Gasteiger charge is -2.36. The molecule has 0 spiro atoms. The lowest BCUT2D eigenvalue weighted by Crippen LogP contribution is -2.54. The van der Waals surface area contributed by atoms with Gasteiger partial charge in [0.25, 0.3) is 10.2 Å². The van der Waals surface area contributed by atoms with Gasteiger partial charge in [-0.2, -0.15) is 17.0 Å². The van der Waals surface area contributed by atoms with Crippen LogP contribution in [-0.4, -0.2) is 100 Å². The summed E-state index contributed by atoms with van der Waals surface area (Å²) in [5.41, 5.74) is 1.19. The highest BCUT2D eigenvalue weighted by atomic mass is 32.2. The van der Waals surface area contributed by atoms with Gasteiger partial charge in [-0.05, 0) is 24.6 Å². The van der Waals surface area contributed by atoms with Crippen molar-refractivity contribution in [3.63, 3.8) is 0 Å². The first-order valence-electron chi connectivity index (χ1n) is 10.2. The predicted molar refractivity (Wildman–Crippen MR) is 121 cm³/mol. The van der Waals surface area contributed by atoms with Crippen molar-refractivity contribution in [3.05, 3.63) is 23.8 Å². The Labute approximate surface area is 186 Å². The first kappa shape index (κ1) is 25.7. The van der Waals surface area contributed by atoms with Crippen LogP contribution in [0.25, 0.3) is 0 Å². The Morgan fingerprint density at radius 2 is 1.61 bits per heavy atom. The zero-order valence-corrected chi connectivity index (χ0v) is 20.5. The third-order valence-electron chi connectivity index (χ3n) is 5.32. The number of hydrogen-bond donors (Lipinski definition) is 1. The predicted octanol–water partition coefficient (Wildman–Crippen LogP) is 0.388. The maximum absolute atomic E-state index is 12.6. The number of rotatable bonds is 9. The van der Waals surface area contributed by atoms with Crippen LogP contribution in [-0.2, 0) is 25.0 Å². The molecule has 1 fully saturated rings. The molecule has 1 saturated heterocycles. The number of carbonyl (C=O) groups excluding carboxylic acids is 1. The van der Waals surface area contributed by atoms with E-state index in [-0.39, 0.29) is 17.3 Å². The Bertz CT molecular complexity index is 983. The Balaban J connectivity index is 1.99. The number of sulfonamides is 1. The van der Waals surface area contributed by atoms with Crippen LogP contribution >= 0.6 is 0 Å². The molecule has 176 valence electrons. The fraction of sp³-hybridized carbons (Fsp3) is 0.632. The van der Waals surface area contributed by atoms with Crippen LogP contribution in [0.1, 0.15) is 19.4 Å². The summed E-state index contributed by atoms with van der Waals surface area (Å²) in [5.74, 6) is -0.275. The molecule has 0 saturated carbocycles. The van der Waals surface area contributed by atoms with E-state index in [1.807, 2.05) is 18.7 Å². The van der Waals surface area contributed by atoms with Crippen LogP contribution in [0.3, 0.4) is 0 Å². The van der Waals surface area contributed by atoms with Crippen LogP contribution in [0.2, 0.25) is 0 Å². The van der Waals surface area contributed by atoms with Crippen LogP contribution in [0.5, 0.6) is 0 Å². The summed E-state index contributed by atoms with van der Waals surface area (Å²) in [4.78, 5) is 14.5. The van der Waals surface area contributed by atoms with Gasteiger partial charge in [0.05, 0.1) is 11.4 Å². The summed E-state index contributed by atoms with van der Waals surface area (Å²) in [6.07, 6.45) is 0. The number of nitrogens with zero attached hydrogens (tertiary/aromatic N) is 4. The largest absolute Gasteiger partial charge is 0.325 e. The van der Waals surface area contributed by atoms with Crippen molar-refractivity contribution >= 4 is 31.8 Å². The molecular weight excluding hydrogens is 442 g/mol. The second-order valence-corrected chi connectivity index (χ2v) is 11.7. The fourth-order valence-electron chi connectivity index (χ4n) is 3.33. The summed E-state index contributed by atoms with van der Waals surface area (Å²) in [6, 6.07) is 4.62. The van der Waals surface area contributed by atoms with Crippen LogP contribution in [0.15, 0.2) is 23.1 Å². The summed E-state index contributed by atoms with van der Waals surface area (Å²) in [6.45, 7) is 7.88. The Hall–Kier alpha value is -1.57. The van der Waals surface area contributed by atoms with E-state index in [0.717, 1.165) is 9.87 Å².